The molecule has 4 nitrogen and oxygen atoms in total. The van der Waals surface area contributed by atoms with Crippen LogP contribution in [0, 0.1) is 5.92 Å². The van der Waals surface area contributed by atoms with Crippen LogP contribution in [0.2, 0.25) is 0 Å². The molecule has 2 rings (SSSR count). The number of rotatable bonds is 5. The van der Waals surface area contributed by atoms with Gasteiger partial charge in [0.2, 0.25) is 5.91 Å². The molecule has 22 heavy (non-hydrogen) atoms. The van der Waals surface area contributed by atoms with E-state index in [9.17, 15) is 9.59 Å². The number of likely N-dealkylation sites (tertiary alicyclic amines) is 1. The maximum Gasteiger partial charge on any atom is 0.281 e. The van der Waals surface area contributed by atoms with Gasteiger partial charge >= 0.3 is 0 Å². The molecule has 5 heteroatoms. The van der Waals surface area contributed by atoms with Gasteiger partial charge in [-0.3, -0.25) is 9.59 Å². The van der Waals surface area contributed by atoms with Crippen molar-refractivity contribution >= 4 is 22.9 Å². The van der Waals surface area contributed by atoms with E-state index in [0.29, 0.717) is 18.2 Å². The topological polar surface area (TPSA) is 40.6 Å². The highest BCUT2D eigenvalue weighted by Crippen LogP contribution is 2.36. The minimum Gasteiger partial charge on any atom is -0.346 e. The van der Waals surface area contributed by atoms with Crippen molar-refractivity contribution in [2.24, 2.45) is 5.92 Å². The molecule has 1 saturated heterocycles. The molecule has 2 fully saturated rings. The smallest absolute Gasteiger partial charge is 0.281 e. The first-order valence-electron chi connectivity index (χ1n) is 8.80. The third-order valence-electron chi connectivity index (χ3n) is 5.00. The number of amides is 2. The molecule has 2 aliphatic rings. The number of thioether (sulfide) groups is 1. The van der Waals surface area contributed by atoms with Crippen LogP contribution in [0.4, 0.5) is 4.79 Å². The minimum absolute atomic E-state index is 0.149. The number of hydrogen-bond donors (Lipinski definition) is 0. The molecule has 0 aromatic heterocycles. The van der Waals surface area contributed by atoms with Crippen molar-refractivity contribution in [1.82, 2.24) is 9.80 Å². The third kappa shape index (κ3) is 4.64. The lowest BCUT2D eigenvalue weighted by molar-refractivity contribution is -0.129. The molecule has 2 unspecified atom stereocenters. The Morgan fingerprint density at radius 2 is 1.91 bits per heavy atom. The van der Waals surface area contributed by atoms with Gasteiger partial charge in [0.25, 0.3) is 5.24 Å². The standard InChI is InChI=1S/C17H30N2O2S/c1-3-11-18(2)16(20)10-13-22-17(21)19-12-6-8-14-7-4-5-9-15(14)19/h14-15H,3-13H2,1-2H3. The Balaban J connectivity index is 1.75. The molecule has 1 heterocycles. The highest BCUT2D eigenvalue weighted by Gasteiger charge is 2.35. The Kier molecular flexibility index (Phi) is 7.06. The minimum atomic E-state index is 0.149. The summed E-state index contributed by atoms with van der Waals surface area (Å²) in [4.78, 5) is 28.3. The summed E-state index contributed by atoms with van der Waals surface area (Å²) in [7, 11) is 1.84. The normalized spacial score (nSPS) is 24.7. The second-order valence-electron chi connectivity index (χ2n) is 6.63. The first kappa shape index (κ1) is 17.6. The molecular formula is C17H30N2O2S. The van der Waals surface area contributed by atoms with Crippen molar-refractivity contribution in [3.05, 3.63) is 0 Å². The first-order chi connectivity index (χ1) is 10.6. The van der Waals surface area contributed by atoms with Crippen LogP contribution in [0.3, 0.4) is 0 Å². The fourth-order valence-corrected chi connectivity index (χ4v) is 4.65. The maximum absolute atomic E-state index is 12.5. The van der Waals surface area contributed by atoms with Crippen molar-refractivity contribution in [3.8, 4) is 0 Å². The molecule has 1 aliphatic carbocycles. The average Bonchev–Trinajstić information content (AvgIpc) is 2.54. The monoisotopic (exact) mass is 326 g/mol. The van der Waals surface area contributed by atoms with E-state index in [1.807, 2.05) is 7.05 Å². The van der Waals surface area contributed by atoms with Gasteiger partial charge in [0.15, 0.2) is 0 Å². The largest absolute Gasteiger partial charge is 0.346 e. The van der Waals surface area contributed by atoms with Gasteiger partial charge in [-0.25, -0.2) is 0 Å². The van der Waals surface area contributed by atoms with E-state index in [1.54, 1.807) is 4.90 Å². The summed E-state index contributed by atoms with van der Waals surface area (Å²) >= 11 is 1.34. The lowest BCUT2D eigenvalue weighted by Crippen LogP contribution is -2.48. The molecule has 1 saturated carbocycles. The molecule has 0 aromatic rings. The third-order valence-corrected chi connectivity index (χ3v) is 5.89. The van der Waals surface area contributed by atoms with E-state index in [2.05, 4.69) is 11.8 Å². The van der Waals surface area contributed by atoms with E-state index in [0.717, 1.165) is 31.8 Å². The number of fused-ring (bicyclic) bond motifs is 1. The predicted molar refractivity (Wildman–Crippen MR) is 92.1 cm³/mol. The second-order valence-corrected chi connectivity index (χ2v) is 7.67. The summed E-state index contributed by atoms with van der Waals surface area (Å²) in [6.07, 6.45) is 8.93. The highest BCUT2D eigenvalue weighted by molar-refractivity contribution is 8.13. The number of hydrogen-bond acceptors (Lipinski definition) is 3. The number of carbonyl (C=O) groups is 2. The van der Waals surface area contributed by atoms with Crippen molar-refractivity contribution in [3.63, 3.8) is 0 Å². The molecule has 0 bridgehead atoms. The highest BCUT2D eigenvalue weighted by atomic mass is 32.2. The quantitative estimate of drug-likeness (QED) is 0.772. The van der Waals surface area contributed by atoms with E-state index in [-0.39, 0.29) is 11.1 Å². The summed E-state index contributed by atoms with van der Waals surface area (Å²) in [6, 6.07) is 0.473. The molecule has 2 amide bonds. The van der Waals surface area contributed by atoms with Gasteiger partial charge in [-0.15, -0.1) is 0 Å². The Morgan fingerprint density at radius 3 is 2.68 bits per heavy atom. The zero-order valence-electron chi connectivity index (χ0n) is 14.1. The zero-order valence-corrected chi connectivity index (χ0v) is 14.9. The van der Waals surface area contributed by atoms with Gasteiger partial charge in [-0.1, -0.05) is 31.5 Å². The van der Waals surface area contributed by atoms with Gasteiger partial charge in [-0.2, -0.15) is 0 Å². The van der Waals surface area contributed by atoms with Crippen LogP contribution in [0.5, 0.6) is 0 Å². The van der Waals surface area contributed by atoms with Crippen molar-refractivity contribution in [2.75, 3.05) is 25.9 Å². The van der Waals surface area contributed by atoms with Gasteiger partial charge in [-0.05, 0) is 38.0 Å². The van der Waals surface area contributed by atoms with Gasteiger partial charge < -0.3 is 9.80 Å². The summed E-state index contributed by atoms with van der Waals surface area (Å²) < 4.78 is 0. The van der Waals surface area contributed by atoms with Crippen LogP contribution < -0.4 is 0 Å². The van der Waals surface area contributed by atoms with Crippen LogP contribution >= 0.6 is 11.8 Å². The molecule has 0 aromatic carbocycles. The van der Waals surface area contributed by atoms with Crippen LogP contribution in [0.15, 0.2) is 0 Å². The van der Waals surface area contributed by atoms with Crippen LogP contribution in [0.1, 0.15) is 58.3 Å². The van der Waals surface area contributed by atoms with E-state index in [1.165, 1.54) is 43.9 Å². The van der Waals surface area contributed by atoms with E-state index < -0.39 is 0 Å². The van der Waals surface area contributed by atoms with Crippen molar-refractivity contribution in [1.29, 1.82) is 0 Å². The van der Waals surface area contributed by atoms with Crippen LogP contribution in [-0.2, 0) is 4.79 Å². The Labute approximate surface area is 139 Å². The fourth-order valence-electron chi connectivity index (χ4n) is 3.81. The summed E-state index contributed by atoms with van der Waals surface area (Å²) in [5.74, 6) is 1.49. The fraction of sp³-hybridized carbons (Fsp3) is 0.882. The molecular weight excluding hydrogens is 296 g/mol. The number of piperidine rings is 1. The van der Waals surface area contributed by atoms with Crippen LogP contribution in [-0.4, -0.2) is 52.9 Å². The Hall–Kier alpha value is -0.710. The summed E-state index contributed by atoms with van der Waals surface area (Å²) in [5, 5.41) is 0.197. The maximum atomic E-state index is 12.5. The molecule has 0 spiro atoms. The van der Waals surface area contributed by atoms with E-state index >= 15 is 0 Å². The summed E-state index contributed by atoms with van der Waals surface area (Å²) in [6.45, 7) is 3.78. The molecule has 0 N–H and O–H groups in total. The second kappa shape index (κ2) is 8.80. The van der Waals surface area contributed by atoms with Crippen molar-refractivity contribution in [2.45, 2.75) is 64.3 Å². The summed E-state index contributed by atoms with van der Waals surface area (Å²) in [5.41, 5.74) is 0. The van der Waals surface area contributed by atoms with Crippen LogP contribution in [0.25, 0.3) is 0 Å². The molecule has 126 valence electrons. The SMILES string of the molecule is CCCN(C)C(=O)CCSC(=O)N1CCCC2CCCCC21. The molecule has 2 atom stereocenters. The van der Waals surface area contributed by atoms with Gasteiger partial charge in [0.1, 0.15) is 0 Å². The molecule has 0 radical (unpaired) electrons. The Morgan fingerprint density at radius 1 is 1.18 bits per heavy atom. The van der Waals surface area contributed by atoms with E-state index in [4.69, 9.17) is 0 Å². The van der Waals surface area contributed by atoms with Crippen molar-refractivity contribution < 1.29 is 9.59 Å². The lowest BCUT2D eigenvalue weighted by atomic mass is 9.78. The number of nitrogens with zero attached hydrogens (tertiary/aromatic N) is 2. The first-order valence-corrected chi connectivity index (χ1v) is 9.79. The number of carbonyl (C=O) groups excluding carboxylic acids is 2. The van der Waals surface area contributed by atoms with Gasteiger partial charge in [0.05, 0.1) is 0 Å². The lowest BCUT2D eigenvalue weighted by Gasteiger charge is -2.43. The average molecular weight is 327 g/mol. The van der Waals surface area contributed by atoms with Gasteiger partial charge in [0, 0.05) is 38.4 Å². The Bertz CT molecular complexity index is 387. The predicted octanol–water partition coefficient (Wildman–Crippen LogP) is 3.75. The molecule has 1 aliphatic heterocycles. The zero-order chi connectivity index (χ0) is 15.9.